The van der Waals surface area contributed by atoms with E-state index in [4.69, 9.17) is 0 Å². The maximum absolute atomic E-state index is 14.0. The van der Waals surface area contributed by atoms with Crippen LogP contribution in [0.5, 0.6) is 0 Å². The van der Waals surface area contributed by atoms with Gasteiger partial charge in [-0.1, -0.05) is 23.9 Å². The lowest BCUT2D eigenvalue weighted by Crippen LogP contribution is -2.29. The van der Waals surface area contributed by atoms with Gasteiger partial charge >= 0.3 is 0 Å². The molecule has 0 radical (unpaired) electrons. The Morgan fingerprint density at radius 2 is 2.09 bits per heavy atom. The molecule has 0 saturated heterocycles. The molecular weight excluding hydrogens is 319 g/mol. The predicted molar refractivity (Wildman–Crippen MR) is 83.2 cm³/mol. The number of imide groups is 1. The average Bonchev–Trinajstić information content (AvgIpc) is 3.25. The second-order valence-corrected chi connectivity index (χ2v) is 6.22. The van der Waals surface area contributed by atoms with Crippen LogP contribution < -0.4 is 5.32 Å². The molecule has 1 N–H and O–H groups in total. The molecule has 0 spiro atoms. The first-order valence-corrected chi connectivity index (χ1v) is 8.18. The van der Waals surface area contributed by atoms with Gasteiger partial charge in [0.25, 0.3) is 0 Å². The van der Waals surface area contributed by atoms with Gasteiger partial charge < -0.3 is 0 Å². The highest BCUT2D eigenvalue weighted by Gasteiger charge is 2.31. The van der Waals surface area contributed by atoms with Gasteiger partial charge in [0.05, 0.1) is 11.3 Å². The summed E-state index contributed by atoms with van der Waals surface area (Å²) >= 11 is 1.19. The zero-order valence-electron chi connectivity index (χ0n) is 12.5. The Labute approximate surface area is 136 Å². The molecular formula is C15H15FN4O2S. The van der Waals surface area contributed by atoms with Gasteiger partial charge in [0, 0.05) is 13.0 Å². The van der Waals surface area contributed by atoms with Crippen LogP contribution in [0.1, 0.15) is 25.8 Å². The van der Waals surface area contributed by atoms with Crippen LogP contribution in [0, 0.1) is 5.82 Å². The SMILES string of the molecule is CC(=O)NC(=O)CSc1nnc(-c2ccccc2F)n1C1CC1. The van der Waals surface area contributed by atoms with Crippen LogP contribution in [0.15, 0.2) is 29.4 Å². The summed E-state index contributed by atoms with van der Waals surface area (Å²) in [4.78, 5) is 22.4. The standard InChI is InChI=1S/C15H15FN4O2S/c1-9(21)17-13(22)8-23-15-19-18-14(20(15)10-6-7-10)11-4-2-3-5-12(11)16/h2-5,10H,6-8H2,1H3,(H,17,21,22). The summed E-state index contributed by atoms with van der Waals surface area (Å²) in [5.41, 5.74) is 0.395. The van der Waals surface area contributed by atoms with E-state index < -0.39 is 5.91 Å². The lowest BCUT2D eigenvalue weighted by molar-refractivity contribution is -0.127. The minimum atomic E-state index is -0.397. The number of aromatic nitrogens is 3. The van der Waals surface area contributed by atoms with E-state index in [1.807, 2.05) is 4.57 Å². The monoisotopic (exact) mass is 334 g/mol. The third-order valence-electron chi connectivity index (χ3n) is 3.34. The molecule has 0 aliphatic heterocycles. The zero-order valence-corrected chi connectivity index (χ0v) is 13.3. The topological polar surface area (TPSA) is 76.9 Å². The highest BCUT2D eigenvalue weighted by atomic mass is 32.2. The number of carbonyl (C=O) groups excluding carboxylic acids is 2. The molecule has 1 saturated carbocycles. The minimum Gasteiger partial charge on any atom is -0.299 e. The molecule has 23 heavy (non-hydrogen) atoms. The van der Waals surface area contributed by atoms with Gasteiger partial charge in [0.2, 0.25) is 11.8 Å². The highest BCUT2D eigenvalue weighted by Crippen LogP contribution is 2.41. The molecule has 8 heteroatoms. The van der Waals surface area contributed by atoms with Crippen molar-refractivity contribution in [1.29, 1.82) is 0 Å². The molecule has 0 bridgehead atoms. The van der Waals surface area contributed by atoms with Crippen molar-refractivity contribution >= 4 is 23.6 Å². The summed E-state index contributed by atoms with van der Waals surface area (Å²) < 4.78 is 15.9. The molecule has 2 amide bonds. The molecule has 1 fully saturated rings. The van der Waals surface area contributed by atoms with Crippen LogP contribution in [-0.2, 0) is 9.59 Å². The van der Waals surface area contributed by atoms with Crippen molar-refractivity contribution in [2.24, 2.45) is 0 Å². The fraction of sp³-hybridized carbons (Fsp3) is 0.333. The molecule has 2 aromatic rings. The maximum Gasteiger partial charge on any atom is 0.237 e. The number of nitrogens with zero attached hydrogens (tertiary/aromatic N) is 3. The zero-order chi connectivity index (χ0) is 16.4. The molecule has 1 heterocycles. The summed E-state index contributed by atoms with van der Waals surface area (Å²) in [7, 11) is 0. The minimum absolute atomic E-state index is 0.0572. The quantitative estimate of drug-likeness (QED) is 0.848. The van der Waals surface area contributed by atoms with E-state index >= 15 is 0 Å². The van der Waals surface area contributed by atoms with E-state index in [2.05, 4.69) is 15.5 Å². The van der Waals surface area contributed by atoms with Gasteiger partial charge in [0.1, 0.15) is 5.82 Å². The first-order chi connectivity index (χ1) is 11.1. The Bertz CT molecular complexity index is 758. The number of benzene rings is 1. The van der Waals surface area contributed by atoms with Gasteiger partial charge in [-0.25, -0.2) is 4.39 Å². The second-order valence-electron chi connectivity index (χ2n) is 5.28. The van der Waals surface area contributed by atoms with Crippen molar-refractivity contribution in [2.75, 3.05) is 5.75 Å². The van der Waals surface area contributed by atoms with Crippen molar-refractivity contribution in [1.82, 2.24) is 20.1 Å². The number of amides is 2. The van der Waals surface area contributed by atoms with E-state index in [0.717, 1.165) is 12.8 Å². The normalized spacial score (nSPS) is 13.8. The van der Waals surface area contributed by atoms with Crippen molar-refractivity contribution in [3.63, 3.8) is 0 Å². The van der Waals surface area contributed by atoms with E-state index in [0.29, 0.717) is 16.5 Å². The van der Waals surface area contributed by atoms with Crippen molar-refractivity contribution < 1.29 is 14.0 Å². The molecule has 1 aromatic heterocycles. The first kappa shape index (κ1) is 15.7. The number of rotatable bonds is 5. The molecule has 0 atom stereocenters. The second kappa shape index (κ2) is 6.49. The molecule has 6 nitrogen and oxygen atoms in total. The number of hydrogen-bond donors (Lipinski definition) is 1. The van der Waals surface area contributed by atoms with Gasteiger partial charge in [0.15, 0.2) is 11.0 Å². The molecule has 1 aromatic carbocycles. The third-order valence-corrected chi connectivity index (χ3v) is 4.28. The van der Waals surface area contributed by atoms with Crippen molar-refractivity contribution in [3.8, 4) is 11.4 Å². The van der Waals surface area contributed by atoms with Crippen LogP contribution in [0.2, 0.25) is 0 Å². The van der Waals surface area contributed by atoms with E-state index in [-0.39, 0.29) is 23.5 Å². The first-order valence-electron chi connectivity index (χ1n) is 7.19. The van der Waals surface area contributed by atoms with Gasteiger partial charge in [-0.05, 0) is 25.0 Å². The number of halogens is 1. The van der Waals surface area contributed by atoms with E-state index in [1.54, 1.807) is 18.2 Å². The highest BCUT2D eigenvalue weighted by molar-refractivity contribution is 7.99. The number of hydrogen-bond acceptors (Lipinski definition) is 5. The van der Waals surface area contributed by atoms with Crippen LogP contribution in [0.4, 0.5) is 4.39 Å². The Morgan fingerprint density at radius 3 is 2.74 bits per heavy atom. The number of carbonyl (C=O) groups is 2. The average molecular weight is 334 g/mol. The van der Waals surface area contributed by atoms with Gasteiger partial charge in [-0.15, -0.1) is 10.2 Å². The molecule has 120 valence electrons. The summed E-state index contributed by atoms with van der Waals surface area (Å²) in [6, 6.07) is 6.65. The van der Waals surface area contributed by atoms with Crippen molar-refractivity contribution in [2.45, 2.75) is 31.0 Å². The Morgan fingerprint density at radius 1 is 1.35 bits per heavy atom. The molecule has 1 aliphatic carbocycles. The summed E-state index contributed by atoms with van der Waals surface area (Å²) in [6.45, 7) is 1.28. The van der Waals surface area contributed by atoms with Crippen LogP contribution in [0.3, 0.4) is 0 Å². The number of nitrogens with one attached hydrogen (secondary N) is 1. The van der Waals surface area contributed by atoms with Gasteiger partial charge in [-0.2, -0.15) is 0 Å². The molecule has 3 rings (SSSR count). The summed E-state index contributed by atoms with van der Waals surface area (Å²) in [5.74, 6) is -0.610. The van der Waals surface area contributed by atoms with Crippen molar-refractivity contribution in [3.05, 3.63) is 30.1 Å². The van der Waals surface area contributed by atoms with E-state index in [1.165, 1.54) is 24.8 Å². The van der Waals surface area contributed by atoms with Crippen LogP contribution >= 0.6 is 11.8 Å². The Kier molecular flexibility index (Phi) is 4.42. The molecule has 1 aliphatic rings. The fourth-order valence-electron chi connectivity index (χ4n) is 2.23. The maximum atomic E-state index is 14.0. The smallest absolute Gasteiger partial charge is 0.237 e. The lowest BCUT2D eigenvalue weighted by Gasteiger charge is -2.09. The number of thioether (sulfide) groups is 1. The fourth-order valence-corrected chi connectivity index (χ4v) is 3.03. The molecule has 0 unspecified atom stereocenters. The van der Waals surface area contributed by atoms with E-state index in [9.17, 15) is 14.0 Å². The lowest BCUT2D eigenvalue weighted by atomic mass is 10.2. The Hall–Kier alpha value is -2.22. The summed E-state index contributed by atoms with van der Waals surface area (Å²) in [6.07, 6.45) is 1.96. The van der Waals surface area contributed by atoms with Gasteiger partial charge in [-0.3, -0.25) is 19.5 Å². The third kappa shape index (κ3) is 3.58. The predicted octanol–water partition coefficient (Wildman–Crippen LogP) is 2.17. The van der Waals surface area contributed by atoms with Crippen LogP contribution in [-0.4, -0.2) is 32.3 Å². The Balaban J connectivity index is 1.84. The summed E-state index contributed by atoms with van der Waals surface area (Å²) in [5, 5.41) is 11.0. The van der Waals surface area contributed by atoms with Crippen LogP contribution in [0.25, 0.3) is 11.4 Å². The largest absolute Gasteiger partial charge is 0.299 e.